The van der Waals surface area contributed by atoms with Crippen LogP contribution in [0.2, 0.25) is 0 Å². The highest BCUT2D eigenvalue weighted by Crippen LogP contribution is 2.45. The molecule has 0 heterocycles. The fourth-order valence-corrected chi connectivity index (χ4v) is 3.42. The molecule has 1 atom stereocenters. The third-order valence-electron chi connectivity index (χ3n) is 4.54. The number of likely N-dealkylation sites (N-methyl/N-ethyl adjacent to an activating group) is 1. The number of nitrogens with one attached hydrogen (secondary N) is 1. The second-order valence-electron chi connectivity index (χ2n) is 5.57. The zero-order valence-electron chi connectivity index (χ0n) is 13.6. The number of benzene rings is 1. The Balaban J connectivity index is 2.42. The largest absolute Gasteiger partial charge is 0.497 e. The van der Waals surface area contributed by atoms with E-state index in [0.717, 1.165) is 36.4 Å². The van der Waals surface area contributed by atoms with Crippen molar-refractivity contribution in [3.8, 4) is 11.5 Å². The van der Waals surface area contributed by atoms with Gasteiger partial charge in [-0.3, -0.25) is 0 Å². The molecule has 0 amide bonds. The van der Waals surface area contributed by atoms with E-state index in [-0.39, 0.29) is 11.6 Å². The Labute approximate surface area is 127 Å². The fourth-order valence-electron chi connectivity index (χ4n) is 3.42. The summed E-state index contributed by atoms with van der Waals surface area (Å²) in [6.07, 6.45) is 4.59. The van der Waals surface area contributed by atoms with Crippen molar-refractivity contribution in [2.75, 3.05) is 27.9 Å². The lowest BCUT2D eigenvalue weighted by Crippen LogP contribution is -2.43. The minimum atomic E-state index is -0.141. The third kappa shape index (κ3) is 3.16. The van der Waals surface area contributed by atoms with Gasteiger partial charge in [-0.2, -0.15) is 0 Å². The Morgan fingerprint density at radius 2 is 1.86 bits per heavy atom. The van der Waals surface area contributed by atoms with Gasteiger partial charge >= 0.3 is 0 Å². The van der Waals surface area contributed by atoms with Gasteiger partial charge in [0.25, 0.3) is 0 Å². The smallest absolute Gasteiger partial charge is 0.127 e. The molecular weight excluding hydrogens is 266 g/mol. The van der Waals surface area contributed by atoms with Crippen LogP contribution in [0.1, 0.15) is 44.2 Å². The van der Waals surface area contributed by atoms with Crippen LogP contribution < -0.4 is 14.8 Å². The molecule has 0 bridgehead atoms. The van der Waals surface area contributed by atoms with Crippen molar-refractivity contribution in [1.82, 2.24) is 5.32 Å². The van der Waals surface area contributed by atoms with Gasteiger partial charge in [-0.25, -0.2) is 0 Å². The van der Waals surface area contributed by atoms with E-state index in [0.29, 0.717) is 0 Å². The molecule has 21 heavy (non-hydrogen) atoms. The summed E-state index contributed by atoms with van der Waals surface area (Å²) in [4.78, 5) is 0. The van der Waals surface area contributed by atoms with Crippen LogP contribution in [0.5, 0.6) is 11.5 Å². The molecule has 1 saturated carbocycles. The van der Waals surface area contributed by atoms with Gasteiger partial charge in [0, 0.05) is 18.7 Å². The molecule has 1 aliphatic carbocycles. The maximum absolute atomic E-state index is 5.97. The lowest BCUT2D eigenvalue weighted by atomic mass is 9.86. The van der Waals surface area contributed by atoms with Crippen LogP contribution in [0, 0.1) is 0 Å². The van der Waals surface area contributed by atoms with E-state index in [2.05, 4.69) is 18.3 Å². The molecule has 4 nitrogen and oxygen atoms in total. The van der Waals surface area contributed by atoms with Crippen LogP contribution in [0.4, 0.5) is 0 Å². The first kappa shape index (κ1) is 16.1. The number of methoxy groups -OCH3 is 3. The summed E-state index contributed by atoms with van der Waals surface area (Å²) in [5.74, 6) is 1.66. The quantitative estimate of drug-likeness (QED) is 0.837. The minimum absolute atomic E-state index is 0.135. The highest BCUT2D eigenvalue weighted by Gasteiger charge is 2.43. The first-order valence-electron chi connectivity index (χ1n) is 7.71. The van der Waals surface area contributed by atoms with Crippen molar-refractivity contribution in [2.24, 2.45) is 0 Å². The predicted octanol–water partition coefficient (Wildman–Crippen LogP) is 3.31. The van der Waals surface area contributed by atoms with Gasteiger partial charge in [0.15, 0.2) is 0 Å². The average molecular weight is 293 g/mol. The molecule has 118 valence electrons. The summed E-state index contributed by atoms with van der Waals surface area (Å²) in [6.45, 7) is 3.02. The predicted molar refractivity (Wildman–Crippen MR) is 84.2 cm³/mol. The Kier molecular flexibility index (Phi) is 5.48. The second-order valence-corrected chi connectivity index (χ2v) is 5.57. The van der Waals surface area contributed by atoms with Crippen LogP contribution in [0.15, 0.2) is 18.2 Å². The van der Waals surface area contributed by atoms with Gasteiger partial charge in [0.1, 0.15) is 11.5 Å². The molecule has 0 spiro atoms. The zero-order valence-corrected chi connectivity index (χ0v) is 13.6. The number of rotatable bonds is 7. The van der Waals surface area contributed by atoms with Crippen molar-refractivity contribution < 1.29 is 14.2 Å². The van der Waals surface area contributed by atoms with E-state index in [4.69, 9.17) is 14.2 Å². The lowest BCUT2D eigenvalue weighted by molar-refractivity contribution is -0.0369. The van der Waals surface area contributed by atoms with E-state index in [1.165, 1.54) is 12.8 Å². The second kappa shape index (κ2) is 7.14. The van der Waals surface area contributed by atoms with Crippen molar-refractivity contribution >= 4 is 0 Å². The molecule has 0 aromatic heterocycles. The summed E-state index contributed by atoms with van der Waals surface area (Å²) in [7, 11) is 5.20. The van der Waals surface area contributed by atoms with Gasteiger partial charge in [-0.1, -0.05) is 19.8 Å². The molecular formula is C17H27NO3. The fraction of sp³-hybridized carbons (Fsp3) is 0.647. The molecule has 0 radical (unpaired) electrons. The van der Waals surface area contributed by atoms with Gasteiger partial charge in [-0.15, -0.1) is 0 Å². The lowest BCUT2D eigenvalue weighted by Gasteiger charge is -2.38. The van der Waals surface area contributed by atoms with Crippen molar-refractivity contribution in [2.45, 2.75) is 44.2 Å². The SMILES string of the molecule is CCNC(c1ccc(OC)cc1OC)C1(OC)CCCC1. The van der Waals surface area contributed by atoms with Crippen LogP contribution in [0.25, 0.3) is 0 Å². The van der Waals surface area contributed by atoms with Crippen LogP contribution in [-0.2, 0) is 4.74 Å². The molecule has 0 saturated heterocycles. The Morgan fingerprint density at radius 1 is 1.14 bits per heavy atom. The molecule has 1 unspecified atom stereocenters. The molecule has 1 aromatic carbocycles. The van der Waals surface area contributed by atoms with Crippen LogP contribution in [-0.4, -0.2) is 33.5 Å². The molecule has 4 heteroatoms. The summed E-state index contributed by atoms with van der Waals surface area (Å²) < 4.78 is 16.9. The molecule has 1 aromatic rings. The monoisotopic (exact) mass is 293 g/mol. The minimum Gasteiger partial charge on any atom is -0.497 e. The summed E-state index contributed by atoms with van der Waals surface area (Å²) in [5, 5.41) is 3.60. The van der Waals surface area contributed by atoms with E-state index >= 15 is 0 Å². The first-order valence-corrected chi connectivity index (χ1v) is 7.71. The molecule has 1 aliphatic rings. The van der Waals surface area contributed by atoms with Gasteiger partial charge in [-0.05, 0) is 31.5 Å². The standard InChI is InChI=1S/C17H27NO3/c1-5-18-16(17(21-4)10-6-7-11-17)14-9-8-13(19-2)12-15(14)20-3/h8-9,12,16,18H,5-7,10-11H2,1-4H3. The molecule has 2 rings (SSSR count). The van der Waals surface area contributed by atoms with Gasteiger partial charge < -0.3 is 19.5 Å². The molecule has 1 fully saturated rings. The molecule has 0 aliphatic heterocycles. The number of ether oxygens (including phenoxy) is 3. The van der Waals surface area contributed by atoms with Gasteiger partial charge in [0.05, 0.1) is 25.9 Å². The topological polar surface area (TPSA) is 39.7 Å². The Morgan fingerprint density at radius 3 is 2.38 bits per heavy atom. The van der Waals surface area contributed by atoms with Gasteiger partial charge in [0.2, 0.25) is 0 Å². The third-order valence-corrected chi connectivity index (χ3v) is 4.54. The maximum Gasteiger partial charge on any atom is 0.127 e. The highest BCUT2D eigenvalue weighted by molar-refractivity contribution is 5.43. The van der Waals surface area contributed by atoms with Crippen molar-refractivity contribution in [3.05, 3.63) is 23.8 Å². The Bertz CT molecular complexity index is 455. The van der Waals surface area contributed by atoms with E-state index in [9.17, 15) is 0 Å². The Hall–Kier alpha value is -1.26. The number of hydrogen-bond acceptors (Lipinski definition) is 4. The van der Waals surface area contributed by atoms with Crippen molar-refractivity contribution in [1.29, 1.82) is 0 Å². The van der Waals surface area contributed by atoms with Crippen LogP contribution >= 0.6 is 0 Å². The summed E-state index contributed by atoms with van der Waals surface area (Å²) in [6, 6.07) is 6.15. The number of hydrogen-bond donors (Lipinski definition) is 1. The first-order chi connectivity index (χ1) is 10.2. The highest BCUT2D eigenvalue weighted by atomic mass is 16.5. The van der Waals surface area contributed by atoms with Crippen LogP contribution in [0.3, 0.4) is 0 Å². The van der Waals surface area contributed by atoms with E-state index in [1.54, 1.807) is 14.2 Å². The normalized spacial score (nSPS) is 18.5. The van der Waals surface area contributed by atoms with E-state index < -0.39 is 0 Å². The zero-order chi connectivity index (χ0) is 15.3. The maximum atomic E-state index is 5.97. The van der Waals surface area contributed by atoms with E-state index in [1.807, 2.05) is 19.2 Å². The molecule has 1 N–H and O–H groups in total. The average Bonchev–Trinajstić information content (AvgIpc) is 3.02. The van der Waals surface area contributed by atoms with Crippen molar-refractivity contribution in [3.63, 3.8) is 0 Å². The summed E-state index contributed by atoms with van der Waals surface area (Å²) in [5.41, 5.74) is 1.00. The summed E-state index contributed by atoms with van der Waals surface area (Å²) >= 11 is 0.